The van der Waals surface area contributed by atoms with Gasteiger partial charge in [0.1, 0.15) is 18.5 Å². The van der Waals surface area contributed by atoms with Crippen molar-refractivity contribution < 1.29 is 60.6 Å². The molecule has 6 atom stereocenters. The number of aromatic amines is 1. The van der Waals surface area contributed by atoms with Gasteiger partial charge in [0.05, 0.1) is 12.7 Å². The fourth-order valence-electron chi connectivity index (χ4n) is 2.75. The molecule has 2 rings (SSSR count). The maximum Gasteiger partial charge on any atom is 0.490 e. The molecule has 178 valence electrons. The van der Waals surface area contributed by atoms with Crippen molar-refractivity contribution in [1.82, 2.24) is 9.55 Å². The van der Waals surface area contributed by atoms with Crippen molar-refractivity contribution >= 4 is 23.5 Å². The van der Waals surface area contributed by atoms with Gasteiger partial charge in [0.25, 0.3) is 5.56 Å². The first-order chi connectivity index (χ1) is 14.0. The van der Waals surface area contributed by atoms with E-state index in [-0.39, 0.29) is 0 Å². The number of hydrogen-bond acceptors (Lipinski definition) is 10. The molecule has 6 N–H and O–H groups in total. The van der Waals surface area contributed by atoms with Crippen LogP contribution in [0.5, 0.6) is 0 Å². The Kier molecular flexibility index (Phi) is 7.65. The summed E-state index contributed by atoms with van der Waals surface area (Å²) in [6, 6.07) is 0.950. The molecule has 1 aliphatic rings. The molecule has 1 aromatic rings. The van der Waals surface area contributed by atoms with Gasteiger partial charge in [-0.15, -0.1) is 0 Å². The molecule has 1 saturated heterocycles. The summed E-state index contributed by atoms with van der Waals surface area (Å²) >= 11 is 0. The van der Waals surface area contributed by atoms with Crippen LogP contribution in [0.15, 0.2) is 21.9 Å². The van der Waals surface area contributed by atoms with Crippen molar-refractivity contribution in [3.05, 3.63) is 33.1 Å². The molecule has 0 saturated carbocycles. The lowest BCUT2D eigenvalue weighted by Crippen LogP contribution is -2.47. The minimum Gasteiger partial charge on any atom is -0.389 e. The van der Waals surface area contributed by atoms with Crippen molar-refractivity contribution in [3.63, 3.8) is 0 Å². The Morgan fingerprint density at radius 2 is 1.81 bits per heavy atom. The van der Waals surface area contributed by atoms with Crippen LogP contribution in [-0.4, -0.2) is 59.2 Å². The molecule has 2 unspecified atom stereocenters. The van der Waals surface area contributed by atoms with Crippen LogP contribution in [0.4, 0.5) is 4.39 Å². The van der Waals surface area contributed by atoms with Gasteiger partial charge in [-0.25, -0.2) is 22.9 Å². The quantitative estimate of drug-likeness (QED) is 0.219. The molecule has 31 heavy (non-hydrogen) atoms. The summed E-state index contributed by atoms with van der Waals surface area (Å²) in [6.45, 7) is -1.48. The normalized spacial score (nSPS) is 30.6. The number of rotatable bonds is 9. The summed E-state index contributed by atoms with van der Waals surface area (Å²) in [4.78, 5) is 60.7. The molecular formula is C11H18FN2O14P3. The lowest BCUT2D eigenvalue weighted by molar-refractivity contribution is -0.136. The molecule has 1 fully saturated rings. The van der Waals surface area contributed by atoms with Crippen molar-refractivity contribution in [2.24, 2.45) is 5.92 Å². The van der Waals surface area contributed by atoms with E-state index in [0.717, 1.165) is 16.8 Å². The van der Waals surface area contributed by atoms with Crippen LogP contribution in [0.2, 0.25) is 0 Å². The maximum atomic E-state index is 13.8. The number of aromatic nitrogens is 2. The summed E-state index contributed by atoms with van der Waals surface area (Å²) in [7, 11) is -17.0. The lowest BCUT2D eigenvalue weighted by Gasteiger charge is -2.29. The molecule has 0 aromatic carbocycles. The van der Waals surface area contributed by atoms with Crippen molar-refractivity contribution in [3.8, 4) is 0 Å². The molecule has 1 aliphatic heterocycles. The second-order valence-corrected chi connectivity index (χ2v) is 10.8. The van der Waals surface area contributed by atoms with E-state index in [4.69, 9.17) is 19.4 Å². The van der Waals surface area contributed by atoms with Crippen LogP contribution in [0.3, 0.4) is 0 Å². The topological polar surface area (TPSA) is 244 Å². The summed E-state index contributed by atoms with van der Waals surface area (Å²) in [5.41, 5.74) is -4.07. The average molecular weight is 514 g/mol. The van der Waals surface area contributed by atoms with E-state index in [9.17, 15) is 37.7 Å². The third-order valence-corrected chi connectivity index (χ3v) is 7.86. The van der Waals surface area contributed by atoms with Crippen LogP contribution in [-0.2, 0) is 31.6 Å². The van der Waals surface area contributed by atoms with Gasteiger partial charge in [0, 0.05) is 18.2 Å². The van der Waals surface area contributed by atoms with Gasteiger partial charge in [0.15, 0.2) is 0 Å². The number of phosphoric acid groups is 3. The highest BCUT2D eigenvalue weighted by Gasteiger charge is 2.55. The second-order valence-electron chi connectivity index (χ2n) is 6.39. The number of ether oxygens (including phenoxy) is 1. The SMILES string of the molecule is C[C@@H]1[C@H](n2ccc(=O)[nH]c2=O)O[C@](CF)(COP(=O)(O)OP(=O)(O)OP(=O)(O)O)[C@H]1O. The molecule has 0 bridgehead atoms. The first kappa shape index (κ1) is 26.2. The van der Waals surface area contributed by atoms with Crippen molar-refractivity contribution in [2.75, 3.05) is 13.3 Å². The number of nitrogens with zero attached hydrogens (tertiary/aromatic N) is 1. The number of nitrogens with one attached hydrogen (secondary N) is 1. The summed E-state index contributed by atoms with van der Waals surface area (Å²) in [5, 5.41) is 10.4. The zero-order valence-corrected chi connectivity index (χ0v) is 18.1. The minimum absolute atomic E-state index is 0.739. The third-order valence-electron chi connectivity index (χ3n) is 4.08. The van der Waals surface area contributed by atoms with Crippen molar-refractivity contribution in [1.29, 1.82) is 0 Å². The van der Waals surface area contributed by atoms with Gasteiger partial charge < -0.3 is 29.4 Å². The van der Waals surface area contributed by atoms with Crippen LogP contribution < -0.4 is 11.2 Å². The van der Waals surface area contributed by atoms with Gasteiger partial charge in [-0.05, 0) is 0 Å². The monoisotopic (exact) mass is 514 g/mol. The van der Waals surface area contributed by atoms with E-state index in [1.165, 1.54) is 6.92 Å². The van der Waals surface area contributed by atoms with E-state index in [0.29, 0.717) is 0 Å². The number of phosphoric ester groups is 1. The molecule has 0 aliphatic carbocycles. The number of H-pyrrole nitrogens is 1. The van der Waals surface area contributed by atoms with Crippen LogP contribution in [0, 0.1) is 5.92 Å². The highest BCUT2D eigenvalue weighted by atomic mass is 31.3. The highest BCUT2D eigenvalue weighted by molar-refractivity contribution is 7.66. The number of aliphatic hydroxyl groups excluding tert-OH is 1. The third kappa shape index (κ3) is 6.48. The predicted molar refractivity (Wildman–Crippen MR) is 95.1 cm³/mol. The fourth-order valence-corrected chi connectivity index (χ4v) is 5.83. The van der Waals surface area contributed by atoms with Gasteiger partial charge in [-0.3, -0.25) is 18.9 Å². The Morgan fingerprint density at radius 1 is 1.19 bits per heavy atom. The summed E-state index contributed by atoms with van der Waals surface area (Å²) < 4.78 is 65.2. The smallest absolute Gasteiger partial charge is 0.389 e. The zero-order chi connectivity index (χ0) is 23.8. The molecule has 0 spiro atoms. The lowest BCUT2D eigenvalue weighted by atomic mass is 9.92. The Labute approximate surface area is 171 Å². The van der Waals surface area contributed by atoms with Gasteiger partial charge in [-0.2, -0.15) is 8.62 Å². The van der Waals surface area contributed by atoms with Crippen LogP contribution in [0.25, 0.3) is 0 Å². The summed E-state index contributed by atoms with van der Waals surface area (Å²) in [5.74, 6) is -1.02. The molecule has 16 nitrogen and oxygen atoms in total. The van der Waals surface area contributed by atoms with E-state index in [2.05, 4.69) is 13.1 Å². The first-order valence-electron chi connectivity index (χ1n) is 8.02. The molecule has 2 heterocycles. The van der Waals surface area contributed by atoms with Gasteiger partial charge in [0.2, 0.25) is 0 Å². The first-order valence-corrected chi connectivity index (χ1v) is 12.5. The Balaban J connectivity index is 2.21. The summed E-state index contributed by atoms with van der Waals surface area (Å²) in [6.07, 6.45) is -2.11. The number of halogens is 1. The van der Waals surface area contributed by atoms with Gasteiger partial charge in [-0.1, -0.05) is 6.92 Å². The average Bonchev–Trinajstić information content (AvgIpc) is 2.82. The standard InChI is InChI=1S/C11H18FN2O14P3/c1-6-8(16)11(4-12,26-9(6)14-3-2-7(15)13-10(14)17)5-25-30(21,22)28-31(23,24)27-29(18,19)20/h2-3,6,8-9,16H,4-5H2,1H3,(H,21,22)(H,23,24)(H,13,15,17)(H2,18,19,20)/t6-,8-,9+,11+/m0/s1. The largest absolute Gasteiger partial charge is 0.490 e. The number of alkyl halides is 1. The van der Waals surface area contributed by atoms with Crippen LogP contribution in [0.1, 0.15) is 13.2 Å². The second kappa shape index (κ2) is 9.06. The van der Waals surface area contributed by atoms with E-state index in [1.807, 2.05) is 4.98 Å². The Morgan fingerprint density at radius 3 is 2.32 bits per heavy atom. The molecule has 20 heteroatoms. The Bertz CT molecular complexity index is 1070. The van der Waals surface area contributed by atoms with E-state index >= 15 is 0 Å². The number of hydrogen-bond donors (Lipinski definition) is 6. The van der Waals surface area contributed by atoms with E-state index < -0.39 is 71.8 Å². The maximum absolute atomic E-state index is 13.8. The molecule has 0 radical (unpaired) electrons. The Hall–Kier alpha value is -1.06. The highest BCUT2D eigenvalue weighted by Crippen LogP contribution is 2.66. The zero-order valence-electron chi connectivity index (χ0n) is 15.4. The van der Waals surface area contributed by atoms with Crippen LogP contribution >= 0.6 is 23.5 Å². The number of aliphatic hydroxyl groups is 1. The van der Waals surface area contributed by atoms with Crippen molar-refractivity contribution in [2.45, 2.75) is 24.9 Å². The minimum atomic E-state index is -5.80. The van der Waals surface area contributed by atoms with Gasteiger partial charge >= 0.3 is 29.2 Å². The molecule has 0 amide bonds. The molecular weight excluding hydrogens is 496 g/mol. The molecule has 1 aromatic heterocycles. The van der Waals surface area contributed by atoms with E-state index in [1.54, 1.807) is 0 Å². The fraction of sp³-hybridized carbons (Fsp3) is 0.636. The predicted octanol–water partition coefficient (Wildman–Crippen LogP) is -0.886.